The number of hydrogen-bond acceptors (Lipinski definition) is 3. The van der Waals surface area contributed by atoms with Crippen LogP contribution in [0.2, 0.25) is 0 Å². The second-order valence-corrected chi connectivity index (χ2v) is 8.37. The van der Waals surface area contributed by atoms with Crippen molar-refractivity contribution in [1.82, 2.24) is 0 Å². The first-order chi connectivity index (χ1) is 17.2. The average molecular weight is 456 g/mol. The third-order valence-corrected chi connectivity index (χ3v) is 6.02. The van der Waals surface area contributed by atoms with Gasteiger partial charge in [0.05, 0.1) is 0 Å². The summed E-state index contributed by atoms with van der Waals surface area (Å²) in [5.41, 5.74) is 9.04. The summed E-state index contributed by atoms with van der Waals surface area (Å²) >= 11 is 0. The first kappa shape index (κ1) is 22.2. The minimum Gasteiger partial charge on any atom is -0.429 e. The zero-order chi connectivity index (χ0) is 24.0. The Bertz CT molecular complexity index is 1390. The van der Waals surface area contributed by atoms with Gasteiger partial charge in [0.1, 0.15) is 5.75 Å². The van der Waals surface area contributed by atoms with Gasteiger partial charge in [0.25, 0.3) is 6.47 Å². The van der Waals surface area contributed by atoms with Crippen molar-refractivity contribution in [1.29, 1.82) is 0 Å². The van der Waals surface area contributed by atoms with Gasteiger partial charge in [-0.15, -0.1) is 0 Å². The van der Waals surface area contributed by atoms with Crippen LogP contribution in [0, 0.1) is 6.92 Å². The maximum atomic E-state index is 10.5. The lowest BCUT2D eigenvalue weighted by Gasteiger charge is -2.26. The van der Waals surface area contributed by atoms with Crippen molar-refractivity contribution in [2.75, 3.05) is 4.90 Å². The van der Waals surface area contributed by atoms with E-state index in [9.17, 15) is 4.79 Å². The average Bonchev–Trinajstić information content (AvgIpc) is 2.92. The molecule has 0 N–H and O–H groups in total. The maximum Gasteiger partial charge on any atom is 0.298 e. The van der Waals surface area contributed by atoms with Crippen molar-refractivity contribution in [3.05, 3.63) is 133 Å². The zero-order valence-electron chi connectivity index (χ0n) is 19.5. The van der Waals surface area contributed by atoms with Gasteiger partial charge < -0.3 is 9.64 Å². The van der Waals surface area contributed by atoms with Gasteiger partial charge in [-0.2, -0.15) is 0 Å². The summed E-state index contributed by atoms with van der Waals surface area (Å²) in [6.45, 7) is 2.54. The Kier molecular flexibility index (Phi) is 6.40. The van der Waals surface area contributed by atoms with Crippen molar-refractivity contribution in [3.8, 4) is 28.0 Å². The van der Waals surface area contributed by atoms with E-state index in [1.165, 1.54) is 16.7 Å². The SMILES string of the molecule is Cc1ccc(N(c2ccc(-c3ccccc3)cc2)c2ccc(-c3ccc(OC=O)cc3)cc2)cc1. The molecule has 5 aromatic carbocycles. The molecule has 3 nitrogen and oxygen atoms in total. The molecule has 170 valence electrons. The van der Waals surface area contributed by atoms with E-state index < -0.39 is 0 Å². The summed E-state index contributed by atoms with van der Waals surface area (Å²) in [6, 6.07) is 43.7. The molecule has 0 atom stereocenters. The smallest absolute Gasteiger partial charge is 0.298 e. The minimum absolute atomic E-state index is 0.440. The molecular formula is C32H25NO2. The number of benzene rings is 5. The highest BCUT2D eigenvalue weighted by Crippen LogP contribution is 2.36. The number of anilines is 3. The van der Waals surface area contributed by atoms with Crippen LogP contribution in [0.3, 0.4) is 0 Å². The Balaban J connectivity index is 1.49. The minimum atomic E-state index is 0.440. The van der Waals surface area contributed by atoms with E-state index in [0.717, 1.165) is 28.2 Å². The van der Waals surface area contributed by atoms with E-state index in [1.54, 1.807) is 12.1 Å². The van der Waals surface area contributed by atoms with E-state index in [2.05, 4.69) is 109 Å². The van der Waals surface area contributed by atoms with E-state index in [4.69, 9.17) is 4.74 Å². The normalized spacial score (nSPS) is 10.5. The van der Waals surface area contributed by atoms with Crippen LogP contribution >= 0.6 is 0 Å². The molecule has 35 heavy (non-hydrogen) atoms. The van der Waals surface area contributed by atoms with Gasteiger partial charge >= 0.3 is 0 Å². The number of hydrogen-bond donors (Lipinski definition) is 0. The second kappa shape index (κ2) is 10.1. The van der Waals surface area contributed by atoms with Gasteiger partial charge in [0, 0.05) is 17.1 Å². The van der Waals surface area contributed by atoms with Crippen molar-refractivity contribution >= 4 is 23.5 Å². The molecule has 0 aliphatic carbocycles. The van der Waals surface area contributed by atoms with Gasteiger partial charge in [-0.25, -0.2) is 0 Å². The fourth-order valence-electron chi connectivity index (χ4n) is 4.16. The molecule has 0 aliphatic heterocycles. The summed E-state index contributed by atoms with van der Waals surface area (Å²) in [7, 11) is 0. The lowest BCUT2D eigenvalue weighted by atomic mass is 10.0. The summed E-state index contributed by atoms with van der Waals surface area (Å²) in [6.07, 6.45) is 0. The Labute approximate surface area is 205 Å². The number of nitrogens with zero attached hydrogens (tertiary/aromatic N) is 1. The number of carbonyl (C=O) groups excluding carboxylic acids is 1. The highest BCUT2D eigenvalue weighted by atomic mass is 16.5. The highest BCUT2D eigenvalue weighted by molar-refractivity contribution is 5.79. The van der Waals surface area contributed by atoms with Crippen molar-refractivity contribution in [3.63, 3.8) is 0 Å². The lowest BCUT2D eigenvalue weighted by Crippen LogP contribution is -2.09. The summed E-state index contributed by atoms with van der Waals surface area (Å²) in [5, 5.41) is 0. The zero-order valence-corrected chi connectivity index (χ0v) is 19.5. The maximum absolute atomic E-state index is 10.5. The van der Waals surface area contributed by atoms with Crippen LogP contribution in [-0.2, 0) is 4.79 Å². The van der Waals surface area contributed by atoms with Crippen molar-refractivity contribution in [2.45, 2.75) is 6.92 Å². The largest absolute Gasteiger partial charge is 0.429 e. The number of carbonyl (C=O) groups is 1. The van der Waals surface area contributed by atoms with Crippen LogP contribution in [0.15, 0.2) is 127 Å². The first-order valence-electron chi connectivity index (χ1n) is 11.5. The molecule has 0 aliphatic rings. The van der Waals surface area contributed by atoms with Gasteiger partial charge in [0.15, 0.2) is 0 Å². The predicted molar refractivity (Wildman–Crippen MR) is 143 cm³/mol. The van der Waals surface area contributed by atoms with Crippen LogP contribution in [0.25, 0.3) is 22.3 Å². The molecule has 0 bridgehead atoms. The topological polar surface area (TPSA) is 29.5 Å². The molecule has 5 rings (SSSR count). The van der Waals surface area contributed by atoms with Gasteiger partial charge in [-0.1, -0.05) is 84.4 Å². The molecule has 0 heterocycles. The number of ether oxygens (including phenoxy) is 1. The second-order valence-electron chi connectivity index (χ2n) is 8.37. The van der Waals surface area contributed by atoms with E-state index in [0.29, 0.717) is 12.2 Å². The van der Waals surface area contributed by atoms with Gasteiger partial charge in [-0.3, -0.25) is 4.79 Å². The van der Waals surface area contributed by atoms with Gasteiger partial charge in [-0.05, 0) is 77.7 Å². The fraction of sp³-hybridized carbons (Fsp3) is 0.0312. The monoisotopic (exact) mass is 455 g/mol. The summed E-state index contributed by atoms with van der Waals surface area (Å²) in [5.74, 6) is 0.532. The molecule has 3 heteroatoms. The van der Waals surface area contributed by atoms with Crippen LogP contribution in [0.4, 0.5) is 17.1 Å². The summed E-state index contributed by atoms with van der Waals surface area (Å²) < 4.78 is 4.90. The number of rotatable bonds is 7. The third kappa shape index (κ3) is 4.99. The van der Waals surface area contributed by atoms with Crippen molar-refractivity contribution < 1.29 is 9.53 Å². The lowest BCUT2D eigenvalue weighted by molar-refractivity contribution is -0.120. The van der Waals surface area contributed by atoms with E-state index in [1.807, 2.05) is 18.2 Å². The molecule has 0 fully saturated rings. The van der Waals surface area contributed by atoms with E-state index >= 15 is 0 Å². The molecular weight excluding hydrogens is 430 g/mol. The molecule has 0 radical (unpaired) electrons. The Morgan fingerprint density at radius 2 is 0.914 bits per heavy atom. The highest BCUT2D eigenvalue weighted by Gasteiger charge is 2.13. The molecule has 0 saturated carbocycles. The van der Waals surface area contributed by atoms with Crippen LogP contribution in [0.5, 0.6) is 5.75 Å². The molecule has 0 aromatic heterocycles. The third-order valence-electron chi connectivity index (χ3n) is 6.02. The van der Waals surface area contributed by atoms with Crippen LogP contribution in [0.1, 0.15) is 5.56 Å². The number of aryl methyl sites for hydroxylation is 1. The van der Waals surface area contributed by atoms with E-state index in [-0.39, 0.29) is 0 Å². The Morgan fingerprint density at radius 3 is 1.37 bits per heavy atom. The quantitative estimate of drug-likeness (QED) is 0.231. The molecule has 0 amide bonds. The molecule has 0 unspecified atom stereocenters. The fourth-order valence-corrected chi connectivity index (χ4v) is 4.16. The van der Waals surface area contributed by atoms with Crippen LogP contribution in [-0.4, -0.2) is 6.47 Å². The van der Waals surface area contributed by atoms with Crippen LogP contribution < -0.4 is 9.64 Å². The molecule has 0 spiro atoms. The van der Waals surface area contributed by atoms with Gasteiger partial charge in [0.2, 0.25) is 0 Å². The Hall–Kier alpha value is -4.63. The standard InChI is InChI=1S/C32H25NO2/c1-24-7-15-29(16-8-24)33(30-17-9-26(10-18-30)25-5-3-2-4-6-25)31-19-11-27(12-20-31)28-13-21-32(22-14-28)35-23-34/h2-23H,1H3. The summed E-state index contributed by atoms with van der Waals surface area (Å²) in [4.78, 5) is 12.8. The Morgan fingerprint density at radius 1 is 0.514 bits per heavy atom. The van der Waals surface area contributed by atoms with Crippen molar-refractivity contribution in [2.24, 2.45) is 0 Å². The first-order valence-corrected chi connectivity index (χ1v) is 11.5. The molecule has 0 saturated heterocycles. The molecule has 5 aromatic rings. The predicted octanol–water partition coefficient (Wildman–Crippen LogP) is 8.33.